The van der Waals surface area contributed by atoms with Crippen molar-refractivity contribution in [2.75, 3.05) is 0 Å². The van der Waals surface area contributed by atoms with Gasteiger partial charge in [0.05, 0.1) is 11.1 Å². The van der Waals surface area contributed by atoms with Crippen LogP contribution < -0.4 is 0 Å². The fourth-order valence-corrected chi connectivity index (χ4v) is 3.21. The van der Waals surface area contributed by atoms with Crippen LogP contribution in [0.5, 0.6) is 0 Å². The van der Waals surface area contributed by atoms with E-state index in [2.05, 4.69) is 0 Å². The van der Waals surface area contributed by atoms with Crippen LogP contribution in [0.3, 0.4) is 0 Å². The van der Waals surface area contributed by atoms with Gasteiger partial charge >= 0.3 is 11.9 Å². The van der Waals surface area contributed by atoms with Crippen LogP contribution in [0.25, 0.3) is 21.5 Å². The molecule has 0 saturated carbocycles. The molecule has 4 rings (SSSR count). The van der Waals surface area contributed by atoms with E-state index >= 15 is 0 Å². The van der Waals surface area contributed by atoms with Gasteiger partial charge in [0.15, 0.2) is 0 Å². The summed E-state index contributed by atoms with van der Waals surface area (Å²) in [5.74, 6) is -3.32. The van der Waals surface area contributed by atoms with E-state index in [0.717, 1.165) is 21.5 Å². The average molecular weight is 430 g/mol. The Balaban J connectivity index is 1.39. The van der Waals surface area contributed by atoms with Gasteiger partial charge in [-0.15, -0.1) is 0 Å². The summed E-state index contributed by atoms with van der Waals surface area (Å²) in [5.41, 5.74) is 0.219. The van der Waals surface area contributed by atoms with Gasteiger partial charge in [-0.2, -0.15) is 0 Å². The van der Waals surface area contributed by atoms with Crippen molar-refractivity contribution in [3.05, 3.63) is 96.1 Å². The molecule has 0 aliphatic carbocycles. The lowest BCUT2D eigenvalue weighted by Crippen LogP contribution is -2.38. The summed E-state index contributed by atoms with van der Waals surface area (Å²) in [6.45, 7) is 0. The number of esters is 2. The van der Waals surface area contributed by atoms with E-state index in [1.54, 1.807) is 48.5 Å². The number of aliphatic hydroxyl groups excluding tert-OH is 2. The summed E-state index contributed by atoms with van der Waals surface area (Å²) in [7, 11) is 0. The Hall–Kier alpha value is -4.07. The highest BCUT2D eigenvalue weighted by molar-refractivity contribution is 5.99. The second-order valence-electron chi connectivity index (χ2n) is 7.04. The van der Waals surface area contributed by atoms with E-state index in [4.69, 9.17) is 9.47 Å². The summed E-state index contributed by atoms with van der Waals surface area (Å²) in [5, 5.41) is 23.2. The van der Waals surface area contributed by atoms with Crippen molar-refractivity contribution in [1.29, 1.82) is 0 Å². The van der Waals surface area contributed by atoms with E-state index in [1.165, 1.54) is 12.1 Å². The highest BCUT2D eigenvalue weighted by atomic mass is 16.7. The van der Waals surface area contributed by atoms with Crippen LogP contribution in [0.1, 0.15) is 20.7 Å². The topological polar surface area (TPSA) is 110 Å². The maximum Gasteiger partial charge on any atom is 0.340 e. The van der Waals surface area contributed by atoms with Crippen LogP contribution in [0.2, 0.25) is 0 Å². The predicted molar refractivity (Wildman–Crippen MR) is 116 cm³/mol. The molecule has 2 N–H and O–H groups in total. The third kappa shape index (κ3) is 4.49. The molecule has 2 atom stereocenters. The Morgan fingerprint density at radius 3 is 1.34 bits per heavy atom. The molecule has 7 heteroatoms. The van der Waals surface area contributed by atoms with Crippen LogP contribution in [-0.4, -0.2) is 40.5 Å². The molecule has 2 unspecified atom stereocenters. The first-order valence-corrected chi connectivity index (χ1v) is 9.72. The van der Waals surface area contributed by atoms with Crippen LogP contribution >= 0.6 is 0 Å². The number of fused-ring (bicyclic) bond motifs is 2. The normalized spacial score (nSPS) is 12.8. The standard InChI is InChI=1S/C25H18O7/c26-21(24(29)31-22(27)19-11-9-15-5-1-3-7-17(15)13-19)25(30)32-23(28)20-12-10-16-6-2-4-8-18(16)14-20/h1-14,24-25,29-30H. The molecule has 0 aliphatic heterocycles. The minimum Gasteiger partial charge on any atom is -0.424 e. The number of carbonyl (C=O) groups is 3. The van der Waals surface area contributed by atoms with Crippen LogP contribution in [0, 0.1) is 0 Å². The van der Waals surface area contributed by atoms with E-state index in [1.807, 2.05) is 24.3 Å². The minimum atomic E-state index is -2.31. The lowest BCUT2D eigenvalue weighted by atomic mass is 10.1. The van der Waals surface area contributed by atoms with Gasteiger partial charge in [-0.1, -0.05) is 60.7 Å². The maximum atomic E-state index is 12.3. The molecular weight excluding hydrogens is 412 g/mol. The number of benzene rings is 4. The summed E-state index contributed by atoms with van der Waals surface area (Å²) < 4.78 is 9.46. The first-order valence-electron chi connectivity index (χ1n) is 9.72. The van der Waals surface area contributed by atoms with Crippen molar-refractivity contribution in [2.24, 2.45) is 0 Å². The molecule has 0 spiro atoms. The number of rotatable bonds is 6. The Bertz CT molecular complexity index is 1230. The van der Waals surface area contributed by atoms with E-state index in [9.17, 15) is 24.6 Å². The fraction of sp³-hybridized carbons (Fsp3) is 0.0800. The molecule has 0 bridgehead atoms. The van der Waals surface area contributed by atoms with Crippen LogP contribution in [0.4, 0.5) is 0 Å². The monoisotopic (exact) mass is 430 g/mol. The Labute approximate surface area is 182 Å². The zero-order valence-corrected chi connectivity index (χ0v) is 16.7. The van der Waals surface area contributed by atoms with Crippen molar-refractivity contribution >= 4 is 39.3 Å². The number of ketones is 1. The summed E-state index contributed by atoms with van der Waals surface area (Å²) in [6.07, 6.45) is -4.62. The number of carbonyl (C=O) groups excluding carboxylic acids is 3. The van der Waals surface area contributed by atoms with E-state index in [0.29, 0.717) is 0 Å². The van der Waals surface area contributed by atoms with Crippen molar-refractivity contribution in [1.82, 2.24) is 0 Å². The lowest BCUT2D eigenvalue weighted by molar-refractivity contribution is -0.172. The SMILES string of the molecule is O=C(OC(O)C(=O)C(O)OC(=O)c1ccc2ccccc2c1)c1ccc2ccccc2c1. The molecule has 0 fully saturated rings. The van der Waals surface area contributed by atoms with Crippen molar-refractivity contribution < 1.29 is 34.1 Å². The number of Topliss-reactive ketones (excluding diaryl/α,β-unsaturated/α-hetero) is 1. The van der Waals surface area contributed by atoms with Gasteiger partial charge in [0.2, 0.25) is 0 Å². The van der Waals surface area contributed by atoms with Gasteiger partial charge in [-0.3, -0.25) is 4.79 Å². The number of hydrogen-bond donors (Lipinski definition) is 2. The summed E-state index contributed by atoms with van der Waals surface area (Å²) in [6, 6.07) is 24.1. The van der Waals surface area contributed by atoms with Crippen molar-refractivity contribution in [2.45, 2.75) is 12.6 Å². The number of aliphatic hydroxyl groups is 2. The Morgan fingerprint density at radius 1 is 0.562 bits per heavy atom. The highest BCUT2D eigenvalue weighted by Crippen LogP contribution is 2.18. The minimum absolute atomic E-state index is 0.109. The first-order chi connectivity index (χ1) is 15.4. The molecule has 4 aromatic rings. The molecule has 0 saturated heterocycles. The molecule has 7 nitrogen and oxygen atoms in total. The third-order valence-electron chi connectivity index (χ3n) is 4.89. The summed E-state index contributed by atoms with van der Waals surface area (Å²) >= 11 is 0. The molecule has 0 radical (unpaired) electrons. The zero-order chi connectivity index (χ0) is 22.7. The molecule has 0 aliphatic rings. The van der Waals surface area contributed by atoms with Gasteiger partial charge in [-0.25, -0.2) is 9.59 Å². The smallest absolute Gasteiger partial charge is 0.340 e. The van der Waals surface area contributed by atoms with E-state index < -0.39 is 30.3 Å². The quantitative estimate of drug-likeness (QED) is 0.357. The Kier molecular flexibility index (Phi) is 5.93. The second kappa shape index (κ2) is 8.97. The molecule has 4 aromatic carbocycles. The third-order valence-corrected chi connectivity index (χ3v) is 4.89. The number of ether oxygens (including phenoxy) is 2. The molecule has 160 valence electrons. The van der Waals surface area contributed by atoms with Gasteiger partial charge in [0.1, 0.15) is 0 Å². The van der Waals surface area contributed by atoms with Gasteiger partial charge in [-0.05, 0) is 45.8 Å². The Morgan fingerprint density at radius 2 is 0.938 bits per heavy atom. The largest absolute Gasteiger partial charge is 0.424 e. The summed E-state index contributed by atoms with van der Waals surface area (Å²) in [4.78, 5) is 36.7. The first kappa shape index (κ1) is 21.2. The average Bonchev–Trinajstić information content (AvgIpc) is 2.82. The van der Waals surface area contributed by atoms with Crippen LogP contribution in [0.15, 0.2) is 84.9 Å². The van der Waals surface area contributed by atoms with Gasteiger partial charge in [0.25, 0.3) is 18.4 Å². The van der Waals surface area contributed by atoms with Crippen molar-refractivity contribution in [3.63, 3.8) is 0 Å². The molecule has 0 aromatic heterocycles. The molecule has 32 heavy (non-hydrogen) atoms. The van der Waals surface area contributed by atoms with Crippen molar-refractivity contribution in [3.8, 4) is 0 Å². The highest BCUT2D eigenvalue weighted by Gasteiger charge is 2.30. The zero-order valence-electron chi connectivity index (χ0n) is 16.7. The van der Waals surface area contributed by atoms with Gasteiger partial charge in [0, 0.05) is 0 Å². The van der Waals surface area contributed by atoms with Crippen LogP contribution in [-0.2, 0) is 14.3 Å². The molecule has 0 amide bonds. The predicted octanol–water partition coefficient (Wildman–Crippen LogP) is 3.21. The lowest BCUT2D eigenvalue weighted by Gasteiger charge is -2.16. The number of hydrogen-bond acceptors (Lipinski definition) is 7. The second-order valence-corrected chi connectivity index (χ2v) is 7.04. The van der Waals surface area contributed by atoms with Gasteiger partial charge < -0.3 is 19.7 Å². The van der Waals surface area contributed by atoms with E-state index in [-0.39, 0.29) is 11.1 Å². The maximum absolute atomic E-state index is 12.3. The molecular formula is C25H18O7. The molecule has 0 heterocycles. The fourth-order valence-electron chi connectivity index (χ4n) is 3.21.